The highest BCUT2D eigenvalue weighted by molar-refractivity contribution is 5.89. The van der Waals surface area contributed by atoms with Crippen LogP contribution in [0.25, 0.3) is 0 Å². The number of nitrogens with zero attached hydrogens (tertiary/aromatic N) is 1. The summed E-state index contributed by atoms with van der Waals surface area (Å²) in [5, 5.41) is 6.54. The van der Waals surface area contributed by atoms with Crippen LogP contribution in [0, 0.1) is 0 Å². The number of methoxy groups -OCH3 is 1. The summed E-state index contributed by atoms with van der Waals surface area (Å²) in [5.41, 5.74) is 0.536. The van der Waals surface area contributed by atoms with Gasteiger partial charge >= 0.3 is 0 Å². The molecule has 1 aromatic rings. The summed E-state index contributed by atoms with van der Waals surface area (Å²) < 4.78 is 10.1. The van der Waals surface area contributed by atoms with E-state index in [9.17, 15) is 4.79 Å². The Bertz CT molecular complexity index is 358. The molecule has 1 rings (SSSR count). The molecule has 0 aromatic carbocycles. The number of carbonyl (C=O) groups is 1. The minimum atomic E-state index is -0.229. The Hall–Kier alpha value is -1.36. The lowest BCUT2D eigenvalue weighted by atomic mass is 9.90. The largest absolute Gasteiger partial charge is 0.384 e. The second-order valence-corrected chi connectivity index (χ2v) is 4.30. The molecule has 0 aliphatic rings. The fraction of sp³-hybridized carbons (Fsp3) is 0.636. The van der Waals surface area contributed by atoms with Gasteiger partial charge in [-0.2, -0.15) is 0 Å². The number of anilines is 1. The van der Waals surface area contributed by atoms with Crippen molar-refractivity contribution >= 4 is 11.8 Å². The number of nitrogens with one attached hydrogen (secondary N) is 1. The second-order valence-electron chi connectivity index (χ2n) is 4.30. The monoisotopic (exact) mass is 226 g/mol. The van der Waals surface area contributed by atoms with Gasteiger partial charge in [0.15, 0.2) is 0 Å². The molecule has 0 radical (unpaired) electrons. The lowest BCUT2D eigenvalue weighted by Gasteiger charge is -2.19. The lowest BCUT2D eigenvalue weighted by Crippen LogP contribution is -2.23. The first kappa shape index (κ1) is 12.7. The molecule has 0 saturated heterocycles. The van der Waals surface area contributed by atoms with Gasteiger partial charge in [0.1, 0.15) is 0 Å². The van der Waals surface area contributed by atoms with Crippen LogP contribution in [0.1, 0.15) is 32.9 Å². The van der Waals surface area contributed by atoms with E-state index >= 15 is 0 Å². The van der Waals surface area contributed by atoms with Gasteiger partial charge in [0.2, 0.25) is 11.8 Å². The minimum absolute atomic E-state index is 0.0905. The maximum atomic E-state index is 11.1. The average molecular weight is 226 g/mol. The molecule has 0 atom stereocenters. The Morgan fingerprint density at radius 2 is 2.31 bits per heavy atom. The van der Waals surface area contributed by atoms with Crippen molar-refractivity contribution in [3.8, 4) is 0 Å². The van der Waals surface area contributed by atoms with Gasteiger partial charge in [-0.15, -0.1) is 0 Å². The van der Waals surface area contributed by atoms with Gasteiger partial charge in [-0.05, 0) is 0 Å². The summed E-state index contributed by atoms with van der Waals surface area (Å²) >= 11 is 0. The van der Waals surface area contributed by atoms with Crippen LogP contribution < -0.4 is 5.32 Å². The average Bonchev–Trinajstić information content (AvgIpc) is 2.66. The minimum Gasteiger partial charge on any atom is -0.384 e. The van der Waals surface area contributed by atoms with E-state index in [1.165, 1.54) is 0 Å². The molecule has 1 heterocycles. The highest BCUT2D eigenvalue weighted by atomic mass is 16.5. The van der Waals surface area contributed by atoms with Crippen LogP contribution in [0.4, 0.5) is 5.88 Å². The highest BCUT2D eigenvalue weighted by Gasteiger charge is 2.25. The lowest BCUT2D eigenvalue weighted by molar-refractivity contribution is -0.116. The third-order valence-electron chi connectivity index (χ3n) is 2.29. The fourth-order valence-electron chi connectivity index (χ4n) is 1.31. The molecule has 1 amide bonds. The third kappa shape index (κ3) is 3.06. The molecular weight excluding hydrogens is 208 g/mol. The number of amides is 1. The summed E-state index contributed by atoms with van der Waals surface area (Å²) in [6.07, 6.45) is 0.414. The SMILES string of the molecule is CCC(=O)Nc1cc(C(C)(C)COC)no1. The maximum absolute atomic E-state index is 11.1. The molecule has 0 bridgehead atoms. The van der Waals surface area contributed by atoms with Gasteiger partial charge in [0.25, 0.3) is 0 Å². The fourth-order valence-corrected chi connectivity index (χ4v) is 1.31. The van der Waals surface area contributed by atoms with E-state index in [2.05, 4.69) is 10.5 Å². The molecule has 0 unspecified atom stereocenters. The van der Waals surface area contributed by atoms with Gasteiger partial charge in [-0.3, -0.25) is 10.1 Å². The van der Waals surface area contributed by atoms with Crippen LogP contribution in [-0.4, -0.2) is 24.8 Å². The van der Waals surface area contributed by atoms with E-state index in [0.717, 1.165) is 5.69 Å². The van der Waals surface area contributed by atoms with E-state index in [1.807, 2.05) is 13.8 Å². The molecule has 0 aliphatic carbocycles. The van der Waals surface area contributed by atoms with Crippen LogP contribution in [0.2, 0.25) is 0 Å². The van der Waals surface area contributed by atoms with Crippen LogP contribution >= 0.6 is 0 Å². The van der Waals surface area contributed by atoms with Crippen molar-refractivity contribution in [1.82, 2.24) is 5.16 Å². The number of ether oxygens (including phenoxy) is 1. The predicted molar refractivity (Wildman–Crippen MR) is 60.3 cm³/mol. The standard InChI is InChI=1S/C11H18N2O3/c1-5-9(14)12-10-6-8(13-16-10)11(2,3)7-15-4/h6H,5,7H2,1-4H3,(H,12,14). The third-order valence-corrected chi connectivity index (χ3v) is 2.29. The molecule has 0 fully saturated rings. The Morgan fingerprint density at radius 3 is 2.88 bits per heavy atom. The van der Waals surface area contributed by atoms with Crippen LogP contribution in [0.5, 0.6) is 0 Å². The zero-order chi connectivity index (χ0) is 12.2. The summed E-state index contributed by atoms with van der Waals surface area (Å²) in [4.78, 5) is 11.1. The van der Waals surface area contributed by atoms with Crippen LogP contribution in [0.15, 0.2) is 10.6 Å². The van der Waals surface area contributed by atoms with E-state index in [0.29, 0.717) is 18.9 Å². The summed E-state index contributed by atoms with van der Waals surface area (Å²) in [6, 6.07) is 1.73. The first-order chi connectivity index (χ1) is 7.49. The van der Waals surface area contributed by atoms with Crippen molar-refractivity contribution in [1.29, 1.82) is 0 Å². The van der Waals surface area contributed by atoms with E-state index in [4.69, 9.17) is 9.26 Å². The summed E-state index contributed by atoms with van der Waals surface area (Å²) in [5.74, 6) is 0.290. The Labute approximate surface area is 95.1 Å². The quantitative estimate of drug-likeness (QED) is 0.833. The van der Waals surface area contributed by atoms with Gasteiger partial charge in [-0.1, -0.05) is 25.9 Å². The molecule has 0 spiro atoms. The van der Waals surface area contributed by atoms with Crippen molar-refractivity contribution in [3.05, 3.63) is 11.8 Å². The van der Waals surface area contributed by atoms with E-state index in [1.54, 1.807) is 20.1 Å². The smallest absolute Gasteiger partial charge is 0.231 e. The Balaban J connectivity index is 2.74. The molecule has 5 nitrogen and oxygen atoms in total. The molecule has 0 aliphatic heterocycles. The maximum Gasteiger partial charge on any atom is 0.231 e. The molecule has 90 valence electrons. The number of aromatic nitrogens is 1. The van der Waals surface area contributed by atoms with Crippen molar-refractivity contribution < 1.29 is 14.1 Å². The second kappa shape index (κ2) is 5.12. The van der Waals surface area contributed by atoms with Crippen molar-refractivity contribution in [2.75, 3.05) is 19.0 Å². The van der Waals surface area contributed by atoms with Crippen LogP contribution in [0.3, 0.4) is 0 Å². The van der Waals surface area contributed by atoms with E-state index < -0.39 is 0 Å². The predicted octanol–water partition coefficient (Wildman–Crippen LogP) is 1.95. The van der Waals surface area contributed by atoms with E-state index in [-0.39, 0.29) is 11.3 Å². The Morgan fingerprint density at radius 1 is 1.62 bits per heavy atom. The number of carbonyl (C=O) groups excluding carboxylic acids is 1. The number of rotatable bonds is 5. The van der Waals surface area contributed by atoms with Crippen molar-refractivity contribution in [3.63, 3.8) is 0 Å². The summed E-state index contributed by atoms with van der Waals surface area (Å²) in [7, 11) is 1.64. The number of hydrogen-bond donors (Lipinski definition) is 1. The van der Waals surface area contributed by atoms with Crippen molar-refractivity contribution in [2.45, 2.75) is 32.6 Å². The molecule has 16 heavy (non-hydrogen) atoms. The topological polar surface area (TPSA) is 64.4 Å². The molecule has 1 aromatic heterocycles. The van der Waals surface area contributed by atoms with Gasteiger partial charge in [-0.25, -0.2) is 0 Å². The van der Waals surface area contributed by atoms with Gasteiger partial charge < -0.3 is 9.26 Å². The molecule has 1 N–H and O–H groups in total. The van der Waals surface area contributed by atoms with Crippen LogP contribution in [-0.2, 0) is 14.9 Å². The van der Waals surface area contributed by atoms with Crippen molar-refractivity contribution in [2.24, 2.45) is 0 Å². The first-order valence-electron chi connectivity index (χ1n) is 5.25. The number of hydrogen-bond acceptors (Lipinski definition) is 4. The van der Waals surface area contributed by atoms with Gasteiger partial charge in [0, 0.05) is 25.0 Å². The zero-order valence-electron chi connectivity index (χ0n) is 10.2. The zero-order valence-corrected chi connectivity index (χ0v) is 10.2. The molecular formula is C11H18N2O3. The molecule has 0 saturated carbocycles. The molecule has 5 heteroatoms. The Kier molecular flexibility index (Phi) is 4.06. The highest BCUT2D eigenvalue weighted by Crippen LogP contribution is 2.24. The normalized spacial score (nSPS) is 11.5. The first-order valence-corrected chi connectivity index (χ1v) is 5.25. The van der Waals surface area contributed by atoms with Gasteiger partial charge in [0.05, 0.1) is 12.3 Å². The summed E-state index contributed by atoms with van der Waals surface area (Å²) in [6.45, 7) is 6.32.